The Hall–Kier alpha value is -1.50. The lowest BCUT2D eigenvalue weighted by Crippen LogP contribution is -2.57. The minimum absolute atomic E-state index is 0.0622. The van der Waals surface area contributed by atoms with Crippen molar-refractivity contribution in [1.29, 1.82) is 0 Å². The van der Waals surface area contributed by atoms with Crippen LogP contribution in [0.1, 0.15) is 58.8 Å². The molecule has 3 atom stereocenters. The SMILES string of the molecule is CC1CN(CCOCCOCCOCCNC(=O)CCCCC[C@H]2NC(=O)N[C@H]2C)N[N+]12CCCC2. The van der Waals surface area contributed by atoms with Crippen molar-refractivity contribution >= 4 is 11.9 Å². The number of hydrazine groups is 1. The van der Waals surface area contributed by atoms with Gasteiger partial charge in [0.1, 0.15) is 6.04 Å². The summed E-state index contributed by atoms with van der Waals surface area (Å²) in [6.07, 6.45) is 6.96. The maximum Gasteiger partial charge on any atom is 0.315 e. The maximum atomic E-state index is 11.9. The Bertz CT molecular complexity index is 663. The van der Waals surface area contributed by atoms with Gasteiger partial charge in [-0.1, -0.05) is 18.4 Å². The number of hydrogen-bond acceptors (Lipinski definition) is 7. The van der Waals surface area contributed by atoms with Crippen LogP contribution in [0.5, 0.6) is 0 Å². The molecule has 4 N–H and O–H groups in total. The van der Waals surface area contributed by atoms with Crippen molar-refractivity contribution < 1.29 is 28.4 Å². The van der Waals surface area contributed by atoms with Gasteiger partial charge in [-0.05, 0) is 26.7 Å². The first kappa shape index (κ1) is 29.1. The molecular weight excluding hydrogens is 464 g/mol. The summed E-state index contributed by atoms with van der Waals surface area (Å²) in [6.45, 7) is 12.7. The highest BCUT2D eigenvalue weighted by atomic mass is 16.5. The zero-order valence-electron chi connectivity index (χ0n) is 22.4. The van der Waals surface area contributed by atoms with Gasteiger partial charge in [0.2, 0.25) is 5.91 Å². The van der Waals surface area contributed by atoms with Crippen LogP contribution < -0.4 is 21.5 Å². The highest BCUT2D eigenvalue weighted by molar-refractivity contribution is 5.77. The first-order valence-corrected chi connectivity index (χ1v) is 13.9. The second-order valence-electron chi connectivity index (χ2n) is 10.4. The van der Waals surface area contributed by atoms with E-state index in [1.165, 1.54) is 25.9 Å². The number of unbranched alkanes of at least 4 members (excludes halogenated alkanes) is 2. The van der Waals surface area contributed by atoms with E-state index in [4.69, 9.17) is 14.2 Å². The fourth-order valence-electron chi connectivity index (χ4n) is 5.34. The Labute approximate surface area is 216 Å². The van der Waals surface area contributed by atoms with Crippen LogP contribution in [0, 0.1) is 0 Å². The normalized spacial score (nSPS) is 25.4. The van der Waals surface area contributed by atoms with Gasteiger partial charge in [0.25, 0.3) is 0 Å². The van der Waals surface area contributed by atoms with E-state index in [1.54, 1.807) is 0 Å². The zero-order chi connectivity index (χ0) is 25.6. The lowest BCUT2D eigenvalue weighted by molar-refractivity contribution is -0.973. The number of nitrogens with zero attached hydrogens (tertiary/aromatic N) is 2. The molecular formula is C25H49N6O5+. The second-order valence-corrected chi connectivity index (χ2v) is 10.4. The molecule has 0 aromatic rings. The van der Waals surface area contributed by atoms with Crippen molar-refractivity contribution in [3.8, 4) is 0 Å². The standard InChI is InChI=1S/C25H48N6O5/c1-21-20-30(29-31(21)12-6-7-13-31)11-15-35-17-19-36-18-16-34-14-10-26-24(32)9-5-3-4-8-23-22(2)27-25(33)28-23/h21-23,29H,3-20H2,1-2H3,(H2-,26,27,28,32,33)/p+1/t21?,22-,23+/m0/s1. The lowest BCUT2D eigenvalue weighted by Gasteiger charge is -2.32. The molecule has 0 aromatic carbocycles. The summed E-state index contributed by atoms with van der Waals surface area (Å²) in [5, 5.41) is 11.0. The van der Waals surface area contributed by atoms with Crippen molar-refractivity contribution in [3.05, 3.63) is 0 Å². The summed E-state index contributed by atoms with van der Waals surface area (Å²) in [6, 6.07) is 0.941. The van der Waals surface area contributed by atoms with E-state index >= 15 is 0 Å². The van der Waals surface area contributed by atoms with Crippen LogP contribution in [0.25, 0.3) is 0 Å². The zero-order valence-corrected chi connectivity index (χ0v) is 22.4. The predicted molar refractivity (Wildman–Crippen MR) is 137 cm³/mol. The number of rotatable bonds is 18. The summed E-state index contributed by atoms with van der Waals surface area (Å²) >= 11 is 0. The van der Waals surface area contributed by atoms with Crippen LogP contribution >= 0.6 is 0 Å². The minimum Gasteiger partial charge on any atom is -0.378 e. The predicted octanol–water partition coefficient (Wildman–Crippen LogP) is 0.907. The van der Waals surface area contributed by atoms with Gasteiger partial charge in [0.05, 0.1) is 65.3 Å². The van der Waals surface area contributed by atoms with Crippen molar-refractivity contribution in [3.63, 3.8) is 0 Å². The number of carbonyl (C=O) groups excluding carboxylic acids is 2. The van der Waals surface area contributed by atoms with Crippen LogP contribution in [0.15, 0.2) is 0 Å². The molecule has 3 heterocycles. The van der Waals surface area contributed by atoms with Crippen molar-refractivity contribution in [2.24, 2.45) is 0 Å². The topological polar surface area (TPSA) is 113 Å². The van der Waals surface area contributed by atoms with E-state index in [0.717, 1.165) is 43.4 Å². The smallest absolute Gasteiger partial charge is 0.315 e. The molecule has 11 nitrogen and oxygen atoms in total. The monoisotopic (exact) mass is 513 g/mol. The highest BCUT2D eigenvalue weighted by Gasteiger charge is 2.45. The van der Waals surface area contributed by atoms with Crippen LogP contribution in [0.4, 0.5) is 4.79 Å². The first-order valence-electron chi connectivity index (χ1n) is 13.9. The van der Waals surface area contributed by atoms with Crippen molar-refractivity contribution in [1.82, 2.24) is 26.5 Å². The van der Waals surface area contributed by atoms with Gasteiger partial charge in [0, 0.05) is 38.4 Å². The molecule has 0 aromatic heterocycles. The van der Waals surface area contributed by atoms with Crippen LogP contribution in [-0.4, -0.2) is 112 Å². The van der Waals surface area contributed by atoms with E-state index < -0.39 is 0 Å². The number of hydrogen-bond donors (Lipinski definition) is 4. The molecule has 3 aliphatic heterocycles. The molecule has 208 valence electrons. The minimum atomic E-state index is -0.0817. The van der Waals surface area contributed by atoms with Gasteiger partial charge in [-0.25, -0.2) is 9.39 Å². The number of ether oxygens (including phenoxy) is 3. The first-order chi connectivity index (χ1) is 17.5. The average Bonchev–Trinajstić information content (AvgIpc) is 3.54. The van der Waals surface area contributed by atoms with E-state index in [0.29, 0.717) is 58.6 Å². The Balaban J connectivity index is 1.03. The molecule has 3 saturated heterocycles. The van der Waals surface area contributed by atoms with E-state index in [-0.39, 0.29) is 24.0 Å². The molecule has 1 spiro atoms. The van der Waals surface area contributed by atoms with Crippen LogP contribution in [0.3, 0.4) is 0 Å². The molecule has 0 aliphatic carbocycles. The third-order valence-corrected chi connectivity index (χ3v) is 7.55. The van der Waals surface area contributed by atoms with Crippen molar-refractivity contribution in [2.45, 2.75) is 76.9 Å². The van der Waals surface area contributed by atoms with Gasteiger partial charge in [-0.15, -0.1) is 0 Å². The summed E-state index contributed by atoms with van der Waals surface area (Å²) in [5.74, 6) is 0.0622. The largest absolute Gasteiger partial charge is 0.378 e. The number of quaternary nitrogens is 1. The molecule has 0 radical (unpaired) electrons. The van der Waals surface area contributed by atoms with Gasteiger partial charge < -0.3 is 30.2 Å². The van der Waals surface area contributed by atoms with E-state index in [9.17, 15) is 9.59 Å². The summed E-state index contributed by atoms with van der Waals surface area (Å²) in [5.41, 5.74) is 3.69. The number of urea groups is 1. The van der Waals surface area contributed by atoms with E-state index in [1.807, 2.05) is 6.92 Å². The molecule has 0 bridgehead atoms. The maximum absolute atomic E-state index is 11.9. The summed E-state index contributed by atoms with van der Waals surface area (Å²) < 4.78 is 17.8. The number of nitrogens with one attached hydrogen (secondary N) is 4. The number of amides is 3. The quantitative estimate of drug-likeness (QED) is 0.159. The molecule has 3 rings (SSSR count). The molecule has 0 saturated carbocycles. The van der Waals surface area contributed by atoms with Gasteiger partial charge in [-0.2, -0.15) is 5.01 Å². The second kappa shape index (κ2) is 15.7. The van der Waals surface area contributed by atoms with Crippen molar-refractivity contribution in [2.75, 3.05) is 72.4 Å². The third kappa shape index (κ3) is 9.75. The van der Waals surface area contributed by atoms with Gasteiger partial charge >= 0.3 is 6.03 Å². The Morgan fingerprint density at radius 3 is 2.36 bits per heavy atom. The van der Waals surface area contributed by atoms with Gasteiger partial charge in [0.15, 0.2) is 0 Å². The van der Waals surface area contributed by atoms with Gasteiger partial charge in [-0.3, -0.25) is 4.79 Å². The summed E-state index contributed by atoms with van der Waals surface area (Å²) in [4.78, 5) is 23.2. The molecule has 3 amide bonds. The highest BCUT2D eigenvalue weighted by Crippen LogP contribution is 2.25. The lowest BCUT2D eigenvalue weighted by atomic mass is 10.0. The molecule has 1 unspecified atom stereocenters. The van der Waals surface area contributed by atoms with Crippen LogP contribution in [-0.2, 0) is 19.0 Å². The molecule has 11 heteroatoms. The fraction of sp³-hybridized carbons (Fsp3) is 0.920. The third-order valence-electron chi connectivity index (χ3n) is 7.55. The molecule has 36 heavy (non-hydrogen) atoms. The number of carbonyl (C=O) groups is 2. The Morgan fingerprint density at radius 2 is 1.67 bits per heavy atom. The van der Waals surface area contributed by atoms with E-state index in [2.05, 4.69) is 33.4 Å². The molecule has 3 aliphatic rings. The van der Waals surface area contributed by atoms with Crippen LogP contribution in [0.2, 0.25) is 0 Å². The molecule has 3 fully saturated rings. The fourth-order valence-corrected chi connectivity index (χ4v) is 5.34. The summed E-state index contributed by atoms with van der Waals surface area (Å²) in [7, 11) is 0. The Morgan fingerprint density at radius 1 is 0.972 bits per heavy atom. The Kier molecular flexibility index (Phi) is 12.7. The average molecular weight is 514 g/mol.